The first kappa shape index (κ1) is 31.5. The number of ether oxygens (including phenoxy) is 1. The standard InChI is InChI=1S/C32H30ClF4N7O2/c1-4-24(45)43-10-12-44(13-11-43)30-20-15-21(33)25(29-26(32(35,36)37)17(2)14-23(38)39-29)27(34)28(20)40-31(41-30)46-22-7-5-6-18-16-42(3)9-8-19(18)22/h4-7,14-15H,1,8-13,16H2,2-3H3,(H2,38,39). The van der Waals surface area contributed by atoms with Crippen LogP contribution in [0.25, 0.3) is 22.2 Å². The molecule has 1 amide bonds. The van der Waals surface area contributed by atoms with Crippen LogP contribution in [0.1, 0.15) is 22.3 Å². The van der Waals surface area contributed by atoms with Gasteiger partial charge in [-0.05, 0) is 55.8 Å². The van der Waals surface area contributed by atoms with Gasteiger partial charge in [-0.25, -0.2) is 9.37 Å². The number of nitrogen functional groups attached to an aromatic ring is 1. The molecule has 240 valence electrons. The highest BCUT2D eigenvalue weighted by molar-refractivity contribution is 6.34. The maximum Gasteiger partial charge on any atom is 0.418 e. The van der Waals surface area contributed by atoms with Crippen molar-refractivity contribution in [1.82, 2.24) is 24.8 Å². The first-order valence-electron chi connectivity index (χ1n) is 14.5. The number of halogens is 5. The van der Waals surface area contributed by atoms with E-state index in [0.717, 1.165) is 23.7 Å². The first-order chi connectivity index (χ1) is 21.8. The molecule has 0 bridgehead atoms. The lowest BCUT2D eigenvalue weighted by atomic mass is 9.99. The predicted octanol–water partition coefficient (Wildman–Crippen LogP) is 6.01. The Hall–Kier alpha value is -4.49. The topological polar surface area (TPSA) is 101 Å². The van der Waals surface area contributed by atoms with E-state index in [4.69, 9.17) is 22.1 Å². The van der Waals surface area contributed by atoms with E-state index in [9.17, 15) is 18.0 Å². The number of pyridine rings is 1. The van der Waals surface area contributed by atoms with Crippen LogP contribution in [-0.4, -0.2) is 70.4 Å². The van der Waals surface area contributed by atoms with Gasteiger partial charge in [-0.1, -0.05) is 30.3 Å². The minimum Gasteiger partial charge on any atom is -0.424 e. The van der Waals surface area contributed by atoms with Gasteiger partial charge in [-0.2, -0.15) is 23.1 Å². The van der Waals surface area contributed by atoms with Gasteiger partial charge in [0.2, 0.25) is 5.91 Å². The summed E-state index contributed by atoms with van der Waals surface area (Å²) in [5, 5.41) is -0.166. The molecular weight excluding hydrogens is 626 g/mol. The van der Waals surface area contributed by atoms with Crippen LogP contribution in [0.15, 0.2) is 43.0 Å². The Morgan fingerprint density at radius 1 is 1.11 bits per heavy atom. The van der Waals surface area contributed by atoms with E-state index in [1.165, 1.54) is 19.1 Å². The fourth-order valence-corrected chi connectivity index (χ4v) is 6.36. The fourth-order valence-electron chi connectivity index (χ4n) is 6.08. The number of fused-ring (bicyclic) bond motifs is 2. The second kappa shape index (κ2) is 12.0. The molecule has 1 fully saturated rings. The Balaban J connectivity index is 1.54. The molecule has 0 spiro atoms. The molecule has 4 heterocycles. The lowest BCUT2D eigenvalue weighted by molar-refractivity contribution is -0.137. The molecule has 14 heteroatoms. The van der Waals surface area contributed by atoms with Crippen LogP contribution in [0, 0.1) is 12.7 Å². The molecule has 2 aromatic heterocycles. The lowest BCUT2D eigenvalue weighted by Crippen LogP contribution is -2.48. The third kappa shape index (κ3) is 5.80. The number of aryl methyl sites for hydroxylation is 1. The van der Waals surface area contributed by atoms with Crippen LogP contribution in [0.4, 0.5) is 29.2 Å². The molecule has 2 N–H and O–H groups in total. The summed E-state index contributed by atoms with van der Waals surface area (Å²) in [6.07, 6.45) is -2.94. The number of nitrogens with zero attached hydrogens (tertiary/aromatic N) is 6. The van der Waals surface area contributed by atoms with Crippen LogP contribution in [0.2, 0.25) is 5.02 Å². The van der Waals surface area contributed by atoms with Crippen molar-refractivity contribution in [2.75, 3.05) is 50.4 Å². The number of aromatic nitrogens is 3. The van der Waals surface area contributed by atoms with Crippen LogP contribution in [0.5, 0.6) is 11.8 Å². The molecule has 0 aliphatic carbocycles. The highest BCUT2D eigenvalue weighted by Crippen LogP contribution is 2.45. The van der Waals surface area contributed by atoms with E-state index in [2.05, 4.69) is 26.4 Å². The Morgan fingerprint density at radius 3 is 2.54 bits per heavy atom. The zero-order valence-electron chi connectivity index (χ0n) is 25.1. The van der Waals surface area contributed by atoms with Gasteiger partial charge in [-0.3, -0.25) is 4.79 Å². The summed E-state index contributed by atoms with van der Waals surface area (Å²) in [4.78, 5) is 30.8. The summed E-state index contributed by atoms with van der Waals surface area (Å²) in [7, 11) is 2.02. The Morgan fingerprint density at radius 2 is 1.85 bits per heavy atom. The monoisotopic (exact) mass is 655 g/mol. The van der Waals surface area contributed by atoms with Crippen LogP contribution in [-0.2, 0) is 23.9 Å². The Bertz CT molecular complexity index is 1880. The van der Waals surface area contributed by atoms with Gasteiger partial charge in [0.15, 0.2) is 5.82 Å². The van der Waals surface area contributed by atoms with Gasteiger partial charge in [-0.15, -0.1) is 0 Å². The summed E-state index contributed by atoms with van der Waals surface area (Å²) in [5.74, 6) is -0.819. The van der Waals surface area contributed by atoms with Crippen LogP contribution < -0.4 is 15.4 Å². The van der Waals surface area contributed by atoms with Gasteiger partial charge in [0, 0.05) is 50.2 Å². The molecule has 9 nitrogen and oxygen atoms in total. The van der Waals surface area contributed by atoms with Crippen molar-refractivity contribution in [3.05, 3.63) is 76.1 Å². The van der Waals surface area contributed by atoms with Crippen molar-refractivity contribution in [3.8, 4) is 23.0 Å². The van der Waals surface area contributed by atoms with E-state index in [1.54, 1.807) is 11.0 Å². The number of anilines is 2. The third-order valence-electron chi connectivity index (χ3n) is 8.28. The van der Waals surface area contributed by atoms with Gasteiger partial charge in [0.1, 0.15) is 22.9 Å². The first-order valence-corrected chi connectivity index (χ1v) is 14.9. The number of hydrogen-bond acceptors (Lipinski definition) is 8. The number of carbonyl (C=O) groups excluding carboxylic acids is 1. The summed E-state index contributed by atoms with van der Waals surface area (Å²) in [6.45, 7) is 7.60. The number of hydrogen-bond donors (Lipinski definition) is 1. The van der Waals surface area contributed by atoms with E-state index in [-0.39, 0.29) is 45.0 Å². The minimum atomic E-state index is -4.88. The van der Waals surface area contributed by atoms with Gasteiger partial charge in [0.05, 0.1) is 21.8 Å². The van der Waals surface area contributed by atoms with Gasteiger partial charge in [0.25, 0.3) is 0 Å². The molecule has 2 aliphatic heterocycles. The second-order valence-electron chi connectivity index (χ2n) is 11.4. The molecule has 4 aromatic rings. The van der Waals surface area contributed by atoms with Crippen molar-refractivity contribution >= 4 is 40.0 Å². The maximum absolute atomic E-state index is 16.7. The number of carbonyl (C=O) groups is 1. The number of amides is 1. The van der Waals surface area contributed by atoms with Gasteiger partial charge >= 0.3 is 12.2 Å². The van der Waals surface area contributed by atoms with E-state index < -0.39 is 28.8 Å². The smallest absolute Gasteiger partial charge is 0.418 e. The summed E-state index contributed by atoms with van der Waals surface area (Å²) in [6, 6.07) is 7.82. The SMILES string of the molecule is C=CC(=O)N1CCN(c2nc(Oc3cccc4c3CCN(C)C4)nc3c(F)c(-c4nc(N)cc(C)c4C(F)(F)F)c(Cl)cc23)CC1. The van der Waals surface area contributed by atoms with E-state index in [1.807, 2.05) is 24.1 Å². The number of piperazine rings is 1. The summed E-state index contributed by atoms with van der Waals surface area (Å²) < 4.78 is 65.7. The van der Waals surface area contributed by atoms with Crippen LogP contribution >= 0.6 is 11.6 Å². The number of benzene rings is 2. The highest BCUT2D eigenvalue weighted by atomic mass is 35.5. The number of alkyl halides is 3. The molecule has 46 heavy (non-hydrogen) atoms. The molecule has 6 rings (SSSR count). The fraction of sp³-hybridized carbons (Fsp3) is 0.312. The number of likely N-dealkylation sites (N-methyl/N-ethyl adjacent to an activating group) is 1. The molecule has 0 radical (unpaired) electrons. The van der Waals surface area contributed by atoms with E-state index >= 15 is 4.39 Å². The highest BCUT2D eigenvalue weighted by Gasteiger charge is 2.39. The predicted molar refractivity (Wildman–Crippen MR) is 167 cm³/mol. The average Bonchev–Trinajstić information content (AvgIpc) is 3.00. The number of rotatable bonds is 5. The van der Waals surface area contributed by atoms with Crippen molar-refractivity contribution in [2.45, 2.75) is 26.1 Å². The van der Waals surface area contributed by atoms with Gasteiger partial charge < -0.3 is 25.2 Å². The Labute approximate surface area is 267 Å². The maximum atomic E-state index is 16.7. The molecule has 2 aliphatic rings. The van der Waals surface area contributed by atoms with Crippen LogP contribution in [0.3, 0.4) is 0 Å². The quantitative estimate of drug-likeness (QED) is 0.206. The van der Waals surface area contributed by atoms with Crippen molar-refractivity contribution in [1.29, 1.82) is 0 Å². The zero-order chi connectivity index (χ0) is 32.9. The Kier molecular flexibility index (Phi) is 8.23. The van der Waals surface area contributed by atoms with E-state index in [0.29, 0.717) is 44.9 Å². The normalized spacial score (nSPS) is 15.6. The molecular formula is C32H30ClF4N7O2. The van der Waals surface area contributed by atoms with Crippen molar-refractivity contribution in [3.63, 3.8) is 0 Å². The molecule has 0 unspecified atom stereocenters. The lowest BCUT2D eigenvalue weighted by Gasteiger charge is -2.35. The van der Waals surface area contributed by atoms with Crippen molar-refractivity contribution in [2.24, 2.45) is 0 Å². The largest absolute Gasteiger partial charge is 0.424 e. The zero-order valence-corrected chi connectivity index (χ0v) is 25.8. The molecule has 0 saturated carbocycles. The average molecular weight is 656 g/mol. The second-order valence-corrected chi connectivity index (χ2v) is 11.8. The minimum absolute atomic E-state index is 0.160. The van der Waals surface area contributed by atoms with Crippen molar-refractivity contribution < 1.29 is 27.1 Å². The summed E-state index contributed by atoms with van der Waals surface area (Å²) >= 11 is 6.56. The third-order valence-corrected chi connectivity index (χ3v) is 8.58. The number of nitrogens with two attached hydrogens (primary N) is 1. The summed E-state index contributed by atoms with van der Waals surface area (Å²) in [5.41, 5.74) is 4.84. The molecule has 1 saturated heterocycles. The molecule has 2 aromatic carbocycles. The molecule has 0 atom stereocenters.